The number of nitrogens with one attached hydrogen (secondary N) is 1. The Morgan fingerprint density at radius 3 is 2.22 bits per heavy atom. The summed E-state index contributed by atoms with van der Waals surface area (Å²) in [6, 6.07) is 11.7. The van der Waals surface area contributed by atoms with Crippen LogP contribution >= 0.6 is 15.9 Å². The summed E-state index contributed by atoms with van der Waals surface area (Å²) in [6.07, 6.45) is 0. The average molecular weight is 370 g/mol. The van der Waals surface area contributed by atoms with Gasteiger partial charge in [0.1, 0.15) is 0 Å². The second-order valence-electron chi connectivity index (χ2n) is 5.06. The van der Waals surface area contributed by atoms with Gasteiger partial charge in [-0.05, 0) is 30.3 Å². The molecule has 0 radical (unpaired) electrons. The van der Waals surface area contributed by atoms with Crippen LogP contribution in [0.2, 0.25) is 0 Å². The molecule has 2 aromatic rings. The molecule has 0 saturated carbocycles. The number of hydrazone groups is 1. The highest BCUT2D eigenvalue weighted by Gasteiger charge is 2.37. The van der Waals surface area contributed by atoms with Crippen molar-refractivity contribution < 1.29 is 14.4 Å². The average Bonchev–Trinajstić information content (AvgIpc) is 2.98. The number of nitrogens with zero attached hydrogens (tertiary/aromatic N) is 2. The number of carbonyl (C=O) groups excluding carboxylic acids is 3. The van der Waals surface area contributed by atoms with Gasteiger partial charge in [0.2, 0.25) is 0 Å². The molecule has 0 fully saturated rings. The van der Waals surface area contributed by atoms with E-state index >= 15 is 0 Å². The van der Waals surface area contributed by atoms with Crippen molar-refractivity contribution in [1.29, 1.82) is 0 Å². The van der Waals surface area contributed by atoms with E-state index in [9.17, 15) is 14.4 Å². The largest absolute Gasteiger partial charge is 0.320 e. The second kappa shape index (κ2) is 4.85. The third-order valence-electron chi connectivity index (χ3n) is 3.67. The maximum atomic E-state index is 12.3. The zero-order valence-electron chi connectivity index (χ0n) is 11.5. The summed E-state index contributed by atoms with van der Waals surface area (Å²) in [5.41, 5.74) is 1.75. The summed E-state index contributed by atoms with van der Waals surface area (Å²) in [5, 5.41) is 7.44. The van der Waals surface area contributed by atoms with Crippen LogP contribution in [0.15, 0.2) is 52.0 Å². The van der Waals surface area contributed by atoms with Gasteiger partial charge >= 0.3 is 0 Å². The summed E-state index contributed by atoms with van der Waals surface area (Å²) < 4.78 is 0.766. The highest BCUT2D eigenvalue weighted by atomic mass is 79.9. The summed E-state index contributed by atoms with van der Waals surface area (Å²) in [4.78, 5) is 36.8. The van der Waals surface area contributed by atoms with Gasteiger partial charge in [-0.2, -0.15) is 10.1 Å². The number of hydrogen-bond donors (Lipinski definition) is 1. The van der Waals surface area contributed by atoms with Crippen molar-refractivity contribution >= 4 is 45.1 Å². The number of rotatable bonds is 1. The van der Waals surface area contributed by atoms with Crippen LogP contribution in [0.3, 0.4) is 0 Å². The predicted octanol–water partition coefficient (Wildman–Crippen LogP) is 2.40. The molecular formula is C16H8BrN3O3. The molecule has 0 unspecified atom stereocenters. The molecule has 0 bridgehead atoms. The standard InChI is InChI=1S/C16H8BrN3O3/c17-8-5-6-12-11(7-8)13(14(21)18-12)19-20-15(22)9-3-1-2-4-10(9)16(20)23/h1-7H,(H,18,19,21). The lowest BCUT2D eigenvalue weighted by molar-refractivity contribution is -0.110. The van der Waals surface area contributed by atoms with E-state index in [1.807, 2.05) is 0 Å². The van der Waals surface area contributed by atoms with Crippen LogP contribution in [-0.2, 0) is 4.79 Å². The zero-order valence-corrected chi connectivity index (χ0v) is 13.1. The monoisotopic (exact) mass is 369 g/mol. The maximum Gasteiger partial charge on any atom is 0.282 e. The van der Waals surface area contributed by atoms with E-state index in [-0.39, 0.29) is 16.8 Å². The van der Waals surface area contributed by atoms with Crippen molar-refractivity contribution in [3.63, 3.8) is 0 Å². The van der Waals surface area contributed by atoms with Gasteiger partial charge in [-0.1, -0.05) is 28.1 Å². The van der Waals surface area contributed by atoms with Gasteiger partial charge in [0.15, 0.2) is 5.71 Å². The quantitative estimate of drug-likeness (QED) is 0.783. The first-order chi connectivity index (χ1) is 11.1. The maximum absolute atomic E-state index is 12.3. The molecule has 4 rings (SSSR count). The molecule has 1 N–H and O–H groups in total. The Bertz CT molecular complexity index is 901. The Labute approximate surface area is 138 Å². The molecule has 2 aromatic carbocycles. The zero-order chi connectivity index (χ0) is 16.1. The molecular weight excluding hydrogens is 362 g/mol. The number of anilines is 1. The number of benzene rings is 2. The van der Waals surface area contributed by atoms with Crippen LogP contribution in [0.4, 0.5) is 5.69 Å². The fourth-order valence-corrected chi connectivity index (χ4v) is 2.95. The van der Waals surface area contributed by atoms with Gasteiger partial charge in [-0.15, -0.1) is 0 Å². The Morgan fingerprint density at radius 2 is 1.57 bits per heavy atom. The summed E-state index contributed by atoms with van der Waals surface area (Å²) >= 11 is 3.33. The van der Waals surface area contributed by atoms with Crippen molar-refractivity contribution in [3.05, 3.63) is 63.6 Å². The van der Waals surface area contributed by atoms with E-state index in [0.29, 0.717) is 11.3 Å². The van der Waals surface area contributed by atoms with Gasteiger partial charge in [0.05, 0.1) is 16.8 Å². The fourth-order valence-electron chi connectivity index (χ4n) is 2.59. The summed E-state index contributed by atoms with van der Waals surface area (Å²) in [7, 11) is 0. The van der Waals surface area contributed by atoms with E-state index < -0.39 is 17.7 Å². The third kappa shape index (κ3) is 2.01. The van der Waals surface area contributed by atoms with Gasteiger partial charge in [0, 0.05) is 10.0 Å². The van der Waals surface area contributed by atoms with Gasteiger partial charge < -0.3 is 5.32 Å². The lowest BCUT2D eigenvalue weighted by Crippen LogP contribution is -2.28. The molecule has 2 aliphatic heterocycles. The van der Waals surface area contributed by atoms with Crippen molar-refractivity contribution in [2.75, 3.05) is 5.32 Å². The van der Waals surface area contributed by atoms with Crippen molar-refractivity contribution in [3.8, 4) is 0 Å². The Hall–Kier alpha value is -2.80. The van der Waals surface area contributed by atoms with Crippen LogP contribution in [0.5, 0.6) is 0 Å². The molecule has 112 valence electrons. The second-order valence-corrected chi connectivity index (χ2v) is 5.98. The van der Waals surface area contributed by atoms with E-state index in [1.54, 1.807) is 42.5 Å². The molecule has 2 aliphatic rings. The molecule has 3 amide bonds. The van der Waals surface area contributed by atoms with E-state index in [4.69, 9.17) is 0 Å². The van der Waals surface area contributed by atoms with E-state index in [2.05, 4.69) is 26.3 Å². The van der Waals surface area contributed by atoms with E-state index in [0.717, 1.165) is 9.48 Å². The third-order valence-corrected chi connectivity index (χ3v) is 4.17. The van der Waals surface area contributed by atoms with Crippen LogP contribution in [0.25, 0.3) is 0 Å². The van der Waals surface area contributed by atoms with Crippen molar-refractivity contribution in [2.24, 2.45) is 5.10 Å². The molecule has 0 aromatic heterocycles. The lowest BCUT2D eigenvalue weighted by Gasteiger charge is -2.07. The fraction of sp³-hybridized carbons (Fsp3) is 0. The molecule has 0 spiro atoms. The minimum absolute atomic E-state index is 0.0378. The molecule has 6 nitrogen and oxygen atoms in total. The van der Waals surface area contributed by atoms with Gasteiger partial charge in [0.25, 0.3) is 17.7 Å². The number of fused-ring (bicyclic) bond motifs is 2. The minimum Gasteiger partial charge on any atom is -0.320 e. The van der Waals surface area contributed by atoms with Crippen LogP contribution in [0.1, 0.15) is 26.3 Å². The molecule has 23 heavy (non-hydrogen) atoms. The number of halogens is 1. The minimum atomic E-state index is -0.533. The van der Waals surface area contributed by atoms with Gasteiger partial charge in [-0.25, -0.2) is 0 Å². The number of imide groups is 1. The van der Waals surface area contributed by atoms with E-state index in [1.165, 1.54) is 0 Å². The first kappa shape index (κ1) is 13.8. The van der Waals surface area contributed by atoms with Crippen LogP contribution < -0.4 is 5.32 Å². The SMILES string of the molecule is O=C1Nc2ccc(Br)cc2/C1=N/N1C(=O)c2ccccc2C1=O. The van der Waals surface area contributed by atoms with Crippen LogP contribution in [0, 0.1) is 0 Å². The van der Waals surface area contributed by atoms with Crippen molar-refractivity contribution in [2.45, 2.75) is 0 Å². The number of hydrogen-bond acceptors (Lipinski definition) is 4. The highest BCUT2D eigenvalue weighted by Crippen LogP contribution is 2.29. The topological polar surface area (TPSA) is 78.8 Å². The number of amides is 3. The van der Waals surface area contributed by atoms with Crippen molar-refractivity contribution in [1.82, 2.24) is 5.01 Å². The molecule has 0 atom stereocenters. The highest BCUT2D eigenvalue weighted by molar-refractivity contribution is 9.10. The first-order valence-electron chi connectivity index (χ1n) is 6.74. The molecule has 0 aliphatic carbocycles. The summed E-state index contributed by atoms with van der Waals surface area (Å²) in [6.45, 7) is 0. The van der Waals surface area contributed by atoms with Crippen LogP contribution in [-0.4, -0.2) is 28.4 Å². The smallest absolute Gasteiger partial charge is 0.282 e. The Balaban J connectivity index is 1.81. The van der Waals surface area contributed by atoms with Gasteiger partial charge in [-0.3, -0.25) is 14.4 Å². The summed E-state index contributed by atoms with van der Waals surface area (Å²) in [5.74, 6) is -1.52. The molecule has 7 heteroatoms. The Morgan fingerprint density at radius 1 is 0.913 bits per heavy atom. The molecule has 2 heterocycles. The number of carbonyl (C=O) groups is 3. The lowest BCUT2D eigenvalue weighted by atomic mass is 10.1. The normalized spacial score (nSPS) is 17.5. The Kier molecular flexibility index (Phi) is 2.92. The molecule has 0 saturated heterocycles. The first-order valence-corrected chi connectivity index (χ1v) is 7.53. The predicted molar refractivity (Wildman–Crippen MR) is 86.3 cm³/mol.